The number of hydrogen-bond donors (Lipinski definition) is 1. The predicted molar refractivity (Wildman–Crippen MR) is 62.5 cm³/mol. The molecule has 17 heavy (non-hydrogen) atoms. The zero-order valence-corrected chi connectivity index (χ0v) is 10.1. The van der Waals surface area contributed by atoms with Gasteiger partial charge < -0.3 is 10.0 Å². The summed E-state index contributed by atoms with van der Waals surface area (Å²) in [6.45, 7) is 2.99. The molecule has 0 aromatic carbocycles. The van der Waals surface area contributed by atoms with Crippen molar-refractivity contribution in [3.63, 3.8) is 0 Å². The van der Waals surface area contributed by atoms with Crippen LogP contribution in [0.4, 0.5) is 0 Å². The molecular weight excluding hydrogens is 220 g/mol. The van der Waals surface area contributed by atoms with Crippen molar-refractivity contribution >= 4 is 11.7 Å². The van der Waals surface area contributed by atoms with E-state index in [0.29, 0.717) is 39.0 Å². The molecule has 96 valence electrons. The van der Waals surface area contributed by atoms with Crippen molar-refractivity contribution in [3.05, 3.63) is 0 Å². The molecule has 0 spiro atoms. The molecule has 1 N–H and O–H groups in total. The summed E-state index contributed by atoms with van der Waals surface area (Å²) in [5.74, 6) is 0.342. The van der Waals surface area contributed by atoms with Gasteiger partial charge in [0.05, 0.1) is 12.6 Å². The van der Waals surface area contributed by atoms with E-state index >= 15 is 0 Å². The van der Waals surface area contributed by atoms with E-state index < -0.39 is 0 Å². The molecule has 0 aromatic rings. The highest BCUT2D eigenvalue weighted by Crippen LogP contribution is 2.11. The lowest BCUT2D eigenvalue weighted by molar-refractivity contribution is -0.136. The Balaban J connectivity index is 1.78. The molecule has 2 heterocycles. The second-order valence-corrected chi connectivity index (χ2v) is 4.95. The first-order chi connectivity index (χ1) is 8.15. The van der Waals surface area contributed by atoms with Gasteiger partial charge in [0.1, 0.15) is 5.78 Å². The van der Waals surface area contributed by atoms with Gasteiger partial charge in [-0.15, -0.1) is 0 Å². The SMILES string of the molecule is O=C1CCN(C(=O)CN2CCCC(O)C2)CC1. The number of likely N-dealkylation sites (tertiary alicyclic amines) is 2. The smallest absolute Gasteiger partial charge is 0.236 e. The highest BCUT2D eigenvalue weighted by Gasteiger charge is 2.24. The van der Waals surface area contributed by atoms with Gasteiger partial charge in [-0.25, -0.2) is 0 Å². The van der Waals surface area contributed by atoms with E-state index in [2.05, 4.69) is 0 Å². The Morgan fingerprint density at radius 1 is 1.29 bits per heavy atom. The maximum Gasteiger partial charge on any atom is 0.236 e. The van der Waals surface area contributed by atoms with E-state index in [0.717, 1.165) is 19.4 Å². The number of Topliss-reactive ketones (excluding diaryl/α,β-unsaturated/α-hetero) is 1. The van der Waals surface area contributed by atoms with Crippen molar-refractivity contribution in [1.82, 2.24) is 9.80 Å². The van der Waals surface area contributed by atoms with Gasteiger partial charge in [0.2, 0.25) is 5.91 Å². The number of hydrogen-bond acceptors (Lipinski definition) is 4. The van der Waals surface area contributed by atoms with Crippen LogP contribution in [0.5, 0.6) is 0 Å². The van der Waals surface area contributed by atoms with Crippen LogP contribution in [-0.4, -0.2) is 65.4 Å². The maximum atomic E-state index is 12.0. The summed E-state index contributed by atoms with van der Waals surface area (Å²) >= 11 is 0. The van der Waals surface area contributed by atoms with Crippen molar-refractivity contribution in [1.29, 1.82) is 0 Å². The summed E-state index contributed by atoms with van der Waals surface area (Å²) in [6, 6.07) is 0. The zero-order chi connectivity index (χ0) is 12.3. The third-order valence-corrected chi connectivity index (χ3v) is 3.51. The van der Waals surface area contributed by atoms with Crippen molar-refractivity contribution in [2.45, 2.75) is 31.8 Å². The van der Waals surface area contributed by atoms with Crippen LogP contribution in [0.3, 0.4) is 0 Å². The minimum absolute atomic E-state index is 0.0894. The Bertz CT molecular complexity index is 296. The Hall–Kier alpha value is -0.940. The number of aliphatic hydroxyl groups excluding tert-OH is 1. The number of carbonyl (C=O) groups excluding carboxylic acids is 2. The third-order valence-electron chi connectivity index (χ3n) is 3.51. The Kier molecular flexibility index (Phi) is 4.12. The molecule has 0 aliphatic carbocycles. The first-order valence-electron chi connectivity index (χ1n) is 6.35. The fourth-order valence-corrected chi connectivity index (χ4v) is 2.47. The highest BCUT2D eigenvalue weighted by molar-refractivity contribution is 5.84. The van der Waals surface area contributed by atoms with Crippen LogP contribution >= 0.6 is 0 Å². The van der Waals surface area contributed by atoms with Crippen LogP contribution in [-0.2, 0) is 9.59 Å². The molecule has 1 unspecified atom stereocenters. The summed E-state index contributed by atoms with van der Waals surface area (Å²) in [7, 11) is 0. The molecule has 0 aromatic heterocycles. The van der Waals surface area contributed by atoms with Crippen molar-refractivity contribution in [3.8, 4) is 0 Å². The molecular formula is C12H20N2O3. The van der Waals surface area contributed by atoms with Crippen LogP contribution < -0.4 is 0 Å². The lowest BCUT2D eigenvalue weighted by atomic mass is 10.1. The molecule has 5 nitrogen and oxygen atoms in total. The first kappa shape index (κ1) is 12.5. The fraction of sp³-hybridized carbons (Fsp3) is 0.833. The average Bonchev–Trinajstić information content (AvgIpc) is 2.29. The molecule has 0 radical (unpaired) electrons. The van der Waals surface area contributed by atoms with Gasteiger partial charge in [-0.1, -0.05) is 0 Å². The number of piperidine rings is 2. The van der Waals surface area contributed by atoms with E-state index in [-0.39, 0.29) is 17.8 Å². The van der Waals surface area contributed by atoms with E-state index in [1.165, 1.54) is 0 Å². The topological polar surface area (TPSA) is 60.9 Å². The number of β-amino-alcohol motifs (C(OH)–C–C–N with tert-alkyl or cyclic N) is 1. The van der Waals surface area contributed by atoms with Gasteiger partial charge in [-0.2, -0.15) is 0 Å². The van der Waals surface area contributed by atoms with Crippen LogP contribution in [0.1, 0.15) is 25.7 Å². The number of ketones is 1. The van der Waals surface area contributed by atoms with E-state index in [1.54, 1.807) is 4.90 Å². The number of rotatable bonds is 2. The van der Waals surface area contributed by atoms with Crippen LogP contribution in [0, 0.1) is 0 Å². The Morgan fingerprint density at radius 3 is 2.65 bits per heavy atom. The Labute approximate surface area is 101 Å². The van der Waals surface area contributed by atoms with Crippen LogP contribution in [0.15, 0.2) is 0 Å². The largest absolute Gasteiger partial charge is 0.392 e. The predicted octanol–water partition coefficient (Wildman–Crippen LogP) is -0.365. The minimum atomic E-state index is -0.292. The minimum Gasteiger partial charge on any atom is -0.392 e. The highest BCUT2D eigenvalue weighted by atomic mass is 16.3. The molecule has 5 heteroatoms. The number of carbonyl (C=O) groups is 2. The monoisotopic (exact) mass is 240 g/mol. The molecule has 2 fully saturated rings. The van der Waals surface area contributed by atoms with Crippen molar-refractivity contribution in [2.24, 2.45) is 0 Å². The fourth-order valence-electron chi connectivity index (χ4n) is 2.47. The van der Waals surface area contributed by atoms with Gasteiger partial charge in [0, 0.05) is 32.5 Å². The zero-order valence-electron chi connectivity index (χ0n) is 10.1. The van der Waals surface area contributed by atoms with Gasteiger partial charge in [-0.05, 0) is 19.4 Å². The average molecular weight is 240 g/mol. The molecule has 2 rings (SSSR count). The van der Waals surface area contributed by atoms with Crippen molar-refractivity contribution in [2.75, 3.05) is 32.7 Å². The number of amides is 1. The summed E-state index contributed by atoms with van der Waals surface area (Å²) in [6.07, 6.45) is 2.48. The normalized spacial score (nSPS) is 27.2. The summed E-state index contributed by atoms with van der Waals surface area (Å²) in [5.41, 5.74) is 0. The third kappa shape index (κ3) is 3.51. The van der Waals surface area contributed by atoms with E-state index in [4.69, 9.17) is 0 Å². The summed E-state index contributed by atoms with van der Waals surface area (Å²) < 4.78 is 0. The molecule has 0 bridgehead atoms. The first-order valence-corrected chi connectivity index (χ1v) is 6.35. The van der Waals surface area contributed by atoms with Gasteiger partial charge in [-0.3, -0.25) is 14.5 Å². The number of aliphatic hydroxyl groups is 1. The second-order valence-electron chi connectivity index (χ2n) is 4.95. The molecule has 2 saturated heterocycles. The van der Waals surface area contributed by atoms with Crippen molar-refractivity contribution < 1.29 is 14.7 Å². The van der Waals surface area contributed by atoms with E-state index in [1.807, 2.05) is 4.90 Å². The number of nitrogens with zero attached hydrogens (tertiary/aromatic N) is 2. The molecule has 0 saturated carbocycles. The van der Waals surface area contributed by atoms with Crippen LogP contribution in [0.2, 0.25) is 0 Å². The van der Waals surface area contributed by atoms with Crippen LogP contribution in [0.25, 0.3) is 0 Å². The van der Waals surface area contributed by atoms with Gasteiger partial charge >= 0.3 is 0 Å². The lowest BCUT2D eigenvalue weighted by Crippen LogP contribution is -2.47. The Morgan fingerprint density at radius 2 is 2.00 bits per heavy atom. The second kappa shape index (κ2) is 5.60. The standard InChI is InChI=1S/C12H20N2O3/c15-10-3-6-14(7-4-10)12(17)9-13-5-1-2-11(16)8-13/h11,16H,1-9H2. The van der Waals surface area contributed by atoms with Gasteiger partial charge in [0.15, 0.2) is 0 Å². The lowest BCUT2D eigenvalue weighted by Gasteiger charge is -2.32. The summed E-state index contributed by atoms with van der Waals surface area (Å²) in [4.78, 5) is 26.8. The quantitative estimate of drug-likeness (QED) is 0.715. The molecule has 2 aliphatic rings. The summed E-state index contributed by atoms with van der Waals surface area (Å²) in [5, 5.41) is 9.53. The molecule has 1 amide bonds. The van der Waals surface area contributed by atoms with E-state index in [9.17, 15) is 14.7 Å². The molecule has 2 aliphatic heterocycles. The van der Waals surface area contributed by atoms with Gasteiger partial charge in [0.25, 0.3) is 0 Å². The molecule has 1 atom stereocenters. The maximum absolute atomic E-state index is 12.0.